The molecule has 4 N–H and O–H groups in total. The number of rotatable bonds is 4. The molecule has 5 heteroatoms. The summed E-state index contributed by atoms with van der Waals surface area (Å²) in [6, 6.07) is 3.41. The normalized spacial score (nSPS) is 10.1. The first-order valence-corrected chi connectivity index (χ1v) is 4.90. The molecule has 0 aliphatic heterocycles. The Morgan fingerprint density at radius 3 is 2.50 bits per heavy atom. The first kappa shape index (κ1) is 11.1. The van der Waals surface area contributed by atoms with Crippen LogP contribution in [0, 0.1) is 0 Å². The lowest BCUT2D eigenvalue weighted by molar-refractivity contribution is 0.146. The fraction of sp³-hybridized carbons (Fsp3) is 0.333. The molecule has 0 heterocycles. The molecule has 1 aromatic rings. The Labute approximate surface area is 91.3 Å². The second kappa shape index (κ2) is 5.07. The molecule has 0 radical (unpaired) electrons. The number of hydrogen-bond donors (Lipinski definition) is 2. The fourth-order valence-corrected chi connectivity index (χ4v) is 1.41. The van der Waals surface area contributed by atoms with Crippen LogP contribution in [-0.4, -0.2) is 20.3 Å². The number of anilines is 2. The Balaban J connectivity index is 2.72. The van der Waals surface area contributed by atoms with E-state index in [2.05, 4.69) is 15.9 Å². The smallest absolute Gasteiger partial charge is 0.135 e. The van der Waals surface area contributed by atoms with Crippen molar-refractivity contribution in [2.75, 3.05) is 31.8 Å². The molecule has 78 valence electrons. The molecule has 1 rings (SSSR count). The molecule has 0 saturated carbocycles. The number of methoxy groups -OCH3 is 1. The molecule has 14 heavy (non-hydrogen) atoms. The largest absolute Gasteiger partial charge is 0.490 e. The van der Waals surface area contributed by atoms with Gasteiger partial charge in [0.1, 0.15) is 12.4 Å². The van der Waals surface area contributed by atoms with E-state index in [-0.39, 0.29) is 0 Å². The van der Waals surface area contributed by atoms with Crippen LogP contribution in [0.15, 0.2) is 16.6 Å². The van der Waals surface area contributed by atoms with Gasteiger partial charge in [0.2, 0.25) is 0 Å². The van der Waals surface area contributed by atoms with Crippen molar-refractivity contribution >= 4 is 27.3 Å². The molecular formula is C9H13BrN2O2. The van der Waals surface area contributed by atoms with Crippen molar-refractivity contribution in [3.63, 3.8) is 0 Å². The van der Waals surface area contributed by atoms with Crippen LogP contribution in [-0.2, 0) is 4.74 Å². The maximum atomic E-state index is 5.64. The van der Waals surface area contributed by atoms with Gasteiger partial charge in [-0.25, -0.2) is 0 Å². The standard InChI is InChI=1S/C9H13BrN2O2/c1-13-2-3-14-9-5-8(12)7(11)4-6(9)10/h4-5H,2-3,11-12H2,1H3. The average molecular weight is 261 g/mol. The van der Waals surface area contributed by atoms with Crippen molar-refractivity contribution < 1.29 is 9.47 Å². The van der Waals surface area contributed by atoms with Crippen molar-refractivity contribution in [2.24, 2.45) is 0 Å². The van der Waals surface area contributed by atoms with Crippen LogP contribution in [0.2, 0.25) is 0 Å². The zero-order valence-corrected chi connectivity index (χ0v) is 9.50. The van der Waals surface area contributed by atoms with Crippen molar-refractivity contribution in [3.05, 3.63) is 16.6 Å². The van der Waals surface area contributed by atoms with Gasteiger partial charge in [-0.05, 0) is 22.0 Å². The summed E-state index contributed by atoms with van der Waals surface area (Å²) in [7, 11) is 1.62. The predicted octanol–water partition coefficient (Wildman–Crippen LogP) is 1.64. The van der Waals surface area contributed by atoms with Crippen LogP contribution in [0.5, 0.6) is 5.75 Å². The number of nitrogens with two attached hydrogens (primary N) is 2. The van der Waals surface area contributed by atoms with E-state index in [1.54, 1.807) is 19.2 Å². The zero-order chi connectivity index (χ0) is 10.6. The van der Waals surface area contributed by atoms with Crippen molar-refractivity contribution in [3.8, 4) is 5.75 Å². The third-order valence-electron chi connectivity index (χ3n) is 1.68. The maximum Gasteiger partial charge on any atom is 0.135 e. The topological polar surface area (TPSA) is 70.5 Å². The third-order valence-corrected chi connectivity index (χ3v) is 2.30. The molecule has 0 spiro atoms. The van der Waals surface area contributed by atoms with E-state index in [9.17, 15) is 0 Å². The molecule has 0 atom stereocenters. The highest BCUT2D eigenvalue weighted by atomic mass is 79.9. The van der Waals surface area contributed by atoms with Gasteiger partial charge < -0.3 is 20.9 Å². The second-order valence-electron chi connectivity index (χ2n) is 2.75. The van der Waals surface area contributed by atoms with Crippen LogP contribution in [0.1, 0.15) is 0 Å². The van der Waals surface area contributed by atoms with E-state index >= 15 is 0 Å². The summed E-state index contributed by atoms with van der Waals surface area (Å²) in [5, 5.41) is 0. The minimum Gasteiger partial charge on any atom is -0.490 e. The molecule has 4 nitrogen and oxygen atoms in total. The molecule has 0 aliphatic rings. The van der Waals surface area contributed by atoms with Crippen molar-refractivity contribution in [1.29, 1.82) is 0 Å². The predicted molar refractivity (Wildman–Crippen MR) is 60.3 cm³/mol. The number of halogens is 1. The van der Waals surface area contributed by atoms with E-state index < -0.39 is 0 Å². The first-order valence-electron chi connectivity index (χ1n) is 4.11. The maximum absolute atomic E-state index is 5.64. The van der Waals surface area contributed by atoms with E-state index in [4.69, 9.17) is 20.9 Å². The summed E-state index contributed by atoms with van der Waals surface area (Å²) in [5.41, 5.74) is 12.3. The van der Waals surface area contributed by atoms with Gasteiger partial charge in [-0.15, -0.1) is 0 Å². The second-order valence-corrected chi connectivity index (χ2v) is 3.61. The first-order chi connectivity index (χ1) is 6.65. The molecule has 0 aromatic heterocycles. The molecular weight excluding hydrogens is 248 g/mol. The highest BCUT2D eigenvalue weighted by molar-refractivity contribution is 9.10. The number of hydrogen-bond acceptors (Lipinski definition) is 4. The molecule has 0 unspecified atom stereocenters. The van der Waals surface area contributed by atoms with E-state index in [0.717, 1.165) is 4.47 Å². The van der Waals surface area contributed by atoms with Gasteiger partial charge in [0, 0.05) is 13.2 Å². The van der Waals surface area contributed by atoms with Crippen LogP contribution in [0.4, 0.5) is 11.4 Å². The third kappa shape index (κ3) is 2.78. The van der Waals surface area contributed by atoms with E-state index in [1.165, 1.54) is 0 Å². The number of nitrogen functional groups attached to an aromatic ring is 2. The van der Waals surface area contributed by atoms with Gasteiger partial charge in [-0.1, -0.05) is 0 Å². The minimum absolute atomic E-state index is 0.485. The minimum atomic E-state index is 0.485. The van der Waals surface area contributed by atoms with Crippen molar-refractivity contribution in [2.45, 2.75) is 0 Å². The van der Waals surface area contributed by atoms with Gasteiger partial charge in [0.15, 0.2) is 0 Å². The molecule has 0 amide bonds. The molecule has 0 bridgehead atoms. The SMILES string of the molecule is COCCOc1cc(N)c(N)cc1Br. The highest BCUT2D eigenvalue weighted by Crippen LogP contribution is 2.31. The Bertz CT molecular complexity index is 318. The van der Waals surface area contributed by atoms with Gasteiger partial charge in [-0.2, -0.15) is 0 Å². The molecule has 0 aliphatic carbocycles. The Kier molecular flexibility index (Phi) is 4.03. The highest BCUT2D eigenvalue weighted by Gasteiger charge is 2.04. The summed E-state index contributed by atoms with van der Waals surface area (Å²) in [5.74, 6) is 0.675. The van der Waals surface area contributed by atoms with E-state index in [0.29, 0.717) is 30.3 Å². The molecule has 0 saturated heterocycles. The fourth-order valence-electron chi connectivity index (χ4n) is 0.930. The molecule has 0 fully saturated rings. The van der Waals surface area contributed by atoms with Crippen molar-refractivity contribution in [1.82, 2.24) is 0 Å². The lowest BCUT2D eigenvalue weighted by atomic mass is 10.2. The summed E-state index contributed by atoms with van der Waals surface area (Å²) in [6.07, 6.45) is 0. The average Bonchev–Trinajstić information content (AvgIpc) is 2.14. The van der Waals surface area contributed by atoms with E-state index in [1.807, 2.05) is 0 Å². The monoisotopic (exact) mass is 260 g/mol. The van der Waals surface area contributed by atoms with Crippen LogP contribution in [0.25, 0.3) is 0 Å². The zero-order valence-electron chi connectivity index (χ0n) is 7.92. The van der Waals surface area contributed by atoms with Gasteiger partial charge in [0.25, 0.3) is 0 Å². The Hall–Kier alpha value is -0.940. The number of ether oxygens (including phenoxy) is 2. The van der Waals surface area contributed by atoms with Gasteiger partial charge in [0.05, 0.1) is 22.5 Å². The Morgan fingerprint density at radius 1 is 1.21 bits per heavy atom. The van der Waals surface area contributed by atoms with Gasteiger partial charge in [-0.3, -0.25) is 0 Å². The van der Waals surface area contributed by atoms with Crippen LogP contribution in [0.3, 0.4) is 0 Å². The quantitative estimate of drug-likeness (QED) is 0.638. The van der Waals surface area contributed by atoms with Crippen LogP contribution >= 0.6 is 15.9 Å². The summed E-state index contributed by atoms with van der Waals surface area (Å²) < 4.78 is 11.1. The number of benzene rings is 1. The summed E-state index contributed by atoms with van der Waals surface area (Å²) in [4.78, 5) is 0. The lowest BCUT2D eigenvalue weighted by Gasteiger charge is -2.09. The van der Waals surface area contributed by atoms with Crippen LogP contribution < -0.4 is 16.2 Å². The Morgan fingerprint density at radius 2 is 1.86 bits per heavy atom. The molecule has 1 aromatic carbocycles. The van der Waals surface area contributed by atoms with Gasteiger partial charge >= 0.3 is 0 Å². The lowest BCUT2D eigenvalue weighted by Crippen LogP contribution is -2.05. The summed E-state index contributed by atoms with van der Waals surface area (Å²) >= 11 is 3.33. The summed E-state index contributed by atoms with van der Waals surface area (Å²) in [6.45, 7) is 1.02.